The smallest absolute Gasteiger partial charge is 0.407 e. The number of carbonyl (C=O) groups is 4. The lowest BCUT2D eigenvalue weighted by Crippen LogP contribution is -2.48. The van der Waals surface area contributed by atoms with E-state index in [0.29, 0.717) is 31.6 Å². The fourth-order valence-electron chi connectivity index (χ4n) is 4.93. The molecule has 246 valence electrons. The Morgan fingerprint density at radius 1 is 0.761 bits per heavy atom. The van der Waals surface area contributed by atoms with E-state index in [9.17, 15) is 19.2 Å². The molecule has 0 aliphatic heterocycles. The molecular weight excluding hydrogens is 602 g/mol. The molecule has 0 radical (unpaired) electrons. The number of hydrogen-bond acceptors (Lipinski definition) is 7. The highest BCUT2D eigenvalue weighted by atomic mass is 32.2. The summed E-state index contributed by atoms with van der Waals surface area (Å²) in [5, 5.41) is 8.11. The van der Waals surface area contributed by atoms with Gasteiger partial charge < -0.3 is 25.4 Å². The Hall–Kier alpha value is -4.31. The number of thioether (sulfide) groups is 1. The number of amides is 3. The van der Waals surface area contributed by atoms with Crippen LogP contribution in [0.2, 0.25) is 0 Å². The van der Waals surface area contributed by atoms with Crippen LogP contribution in [0.5, 0.6) is 0 Å². The highest BCUT2D eigenvalue weighted by Crippen LogP contribution is 2.48. The molecule has 0 heterocycles. The molecule has 0 saturated heterocycles. The third kappa shape index (κ3) is 11.2. The number of esters is 1. The summed E-state index contributed by atoms with van der Waals surface area (Å²) >= 11 is 1.67. The molecule has 0 saturated carbocycles. The van der Waals surface area contributed by atoms with Gasteiger partial charge in [-0.2, -0.15) is 0 Å². The summed E-state index contributed by atoms with van der Waals surface area (Å²) in [7, 11) is 1.24. The zero-order valence-corrected chi connectivity index (χ0v) is 27.9. The van der Waals surface area contributed by atoms with E-state index in [1.807, 2.05) is 54.6 Å². The van der Waals surface area contributed by atoms with Gasteiger partial charge in [0.1, 0.15) is 18.2 Å². The first kappa shape index (κ1) is 36.2. The van der Waals surface area contributed by atoms with Crippen molar-refractivity contribution in [2.75, 3.05) is 26.0 Å². The number of unbranched alkanes of at least 4 members (excludes halogenated alkanes) is 1. The summed E-state index contributed by atoms with van der Waals surface area (Å²) < 4.78 is 9.31. The number of rotatable bonds is 16. The highest BCUT2D eigenvalue weighted by molar-refractivity contribution is 8.00. The minimum absolute atomic E-state index is 0.167. The van der Waals surface area contributed by atoms with E-state index in [2.05, 4.69) is 57.1 Å². The first-order valence-corrected chi connectivity index (χ1v) is 16.4. The van der Waals surface area contributed by atoms with E-state index in [1.165, 1.54) is 7.11 Å². The summed E-state index contributed by atoms with van der Waals surface area (Å²) in [6.45, 7) is 5.42. The van der Waals surface area contributed by atoms with Crippen LogP contribution < -0.4 is 16.0 Å². The Bertz CT molecular complexity index is 1300. The second kappa shape index (κ2) is 18.0. The van der Waals surface area contributed by atoms with Crippen LogP contribution in [-0.4, -0.2) is 61.5 Å². The molecule has 1 unspecified atom stereocenters. The number of nitrogens with one attached hydrogen (secondary N) is 3. The van der Waals surface area contributed by atoms with Crippen molar-refractivity contribution in [3.05, 3.63) is 108 Å². The first-order chi connectivity index (χ1) is 22.0. The lowest BCUT2D eigenvalue weighted by molar-refractivity contribution is -0.141. The molecule has 3 aromatic carbocycles. The van der Waals surface area contributed by atoms with Crippen molar-refractivity contribution in [3.63, 3.8) is 0 Å². The van der Waals surface area contributed by atoms with Gasteiger partial charge in [-0.3, -0.25) is 14.4 Å². The largest absolute Gasteiger partial charge is 0.468 e. The molecule has 0 aliphatic carbocycles. The van der Waals surface area contributed by atoms with Gasteiger partial charge in [0, 0.05) is 18.7 Å². The van der Waals surface area contributed by atoms with Crippen molar-refractivity contribution in [1.82, 2.24) is 16.0 Å². The molecule has 1 atom stereocenters. The van der Waals surface area contributed by atoms with Crippen molar-refractivity contribution in [2.24, 2.45) is 0 Å². The second-order valence-electron chi connectivity index (χ2n) is 11.7. The maximum atomic E-state index is 13.3. The number of alkyl carbamates (subject to hydrolysis) is 1. The predicted molar refractivity (Wildman–Crippen MR) is 181 cm³/mol. The molecule has 3 amide bonds. The molecule has 3 aromatic rings. The van der Waals surface area contributed by atoms with Crippen LogP contribution >= 0.6 is 11.8 Å². The fourth-order valence-corrected chi connectivity index (χ4v) is 6.44. The minimum atomic E-state index is -0.856. The molecular formula is C36H45N3O6S. The molecule has 0 spiro atoms. The third-order valence-corrected chi connectivity index (χ3v) is 8.61. The van der Waals surface area contributed by atoms with Crippen LogP contribution in [0.3, 0.4) is 0 Å². The zero-order valence-electron chi connectivity index (χ0n) is 27.0. The Morgan fingerprint density at radius 2 is 1.28 bits per heavy atom. The minimum Gasteiger partial charge on any atom is -0.468 e. The molecule has 10 heteroatoms. The van der Waals surface area contributed by atoms with Crippen molar-refractivity contribution in [1.29, 1.82) is 0 Å². The lowest BCUT2D eigenvalue weighted by atomic mass is 9.84. The summed E-state index contributed by atoms with van der Waals surface area (Å²) in [5.74, 6) is -0.865. The van der Waals surface area contributed by atoms with Crippen LogP contribution in [-0.2, 0) is 28.6 Å². The number of benzene rings is 3. The fraction of sp³-hybridized carbons (Fsp3) is 0.389. The third-order valence-electron chi connectivity index (χ3n) is 7.06. The maximum absolute atomic E-state index is 13.3. The summed E-state index contributed by atoms with van der Waals surface area (Å²) in [5.41, 5.74) is 2.69. The summed E-state index contributed by atoms with van der Waals surface area (Å²) in [4.78, 5) is 49.8. The molecule has 0 fully saturated rings. The number of carbonyl (C=O) groups excluding carboxylic acids is 4. The average Bonchev–Trinajstić information content (AvgIpc) is 3.05. The molecule has 9 nitrogen and oxygen atoms in total. The monoisotopic (exact) mass is 647 g/mol. The van der Waals surface area contributed by atoms with Crippen molar-refractivity contribution in [3.8, 4) is 0 Å². The molecule has 0 aliphatic rings. The van der Waals surface area contributed by atoms with E-state index < -0.39 is 34.4 Å². The zero-order chi connectivity index (χ0) is 33.4. The van der Waals surface area contributed by atoms with E-state index in [-0.39, 0.29) is 18.9 Å². The molecule has 0 aromatic heterocycles. The standard InChI is InChI=1S/C36H45N3O6S/c1-35(2,3)45-34(43)37-24-15-14-22-30(33(42)38-26-32(41)44-4)39-31(40)23-25-46-36(27-16-8-5-9-17-27,28-18-10-6-11-19-28)29-20-12-7-13-21-29/h5-13,16-21,30H,14-15,22-26H2,1-4H3,(H,37,43)(H,38,42)(H,39,40). The van der Waals surface area contributed by atoms with E-state index in [4.69, 9.17) is 4.74 Å². The van der Waals surface area contributed by atoms with Crippen LogP contribution in [0.1, 0.15) is 63.1 Å². The van der Waals surface area contributed by atoms with Gasteiger partial charge in [-0.1, -0.05) is 91.0 Å². The lowest BCUT2D eigenvalue weighted by Gasteiger charge is -2.35. The molecule has 3 N–H and O–H groups in total. The van der Waals surface area contributed by atoms with Crippen LogP contribution in [0.15, 0.2) is 91.0 Å². The second-order valence-corrected chi connectivity index (χ2v) is 13.0. The van der Waals surface area contributed by atoms with Crippen molar-refractivity contribution < 1.29 is 28.7 Å². The van der Waals surface area contributed by atoms with Crippen LogP contribution in [0.25, 0.3) is 0 Å². The number of hydrogen-bond donors (Lipinski definition) is 3. The van der Waals surface area contributed by atoms with E-state index in [0.717, 1.165) is 16.7 Å². The number of ether oxygens (including phenoxy) is 2. The maximum Gasteiger partial charge on any atom is 0.407 e. The average molecular weight is 648 g/mol. The predicted octanol–water partition coefficient (Wildman–Crippen LogP) is 5.57. The Labute approximate surface area is 276 Å². The Balaban J connectivity index is 1.69. The molecule has 46 heavy (non-hydrogen) atoms. The van der Waals surface area contributed by atoms with Gasteiger partial charge >= 0.3 is 12.1 Å². The normalized spacial score (nSPS) is 12.0. The number of methoxy groups -OCH3 is 1. The molecule has 0 bridgehead atoms. The van der Waals surface area contributed by atoms with Crippen molar-refractivity contribution >= 4 is 35.6 Å². The van der Waals surface area contributed by atoms with Gasteiger partial charge in [0.2, 0.25) is 11.8 Å². The van der Waals surface area contributed by atoms with E-state index in [1.54, 1.807) is 32.5 Å². The quantitative estimate of drug-likeness (QED) is 0.106. The van der Waals surface area contributed by atoms with Gasteiger partial charge in [-0.05, 0) is 56.7 Å². The van der Waals surface area contributed by atoms with Gasteiger partial charge in [0.25, 0.3) is 0 Å². The topological polar surface area (TPSA) is 123 Å². The first-order valence-electron chi connectivity index (χ1n) is 15.5. The molecule has 3 rings (SSSR count). The van der Waals surface area contributed by atoms with Crippen LogP contribution in [0, 0.1) is 0 Å². The van der Waals surface area contributed by atoms with Crippen LogP contribution in [0.4, 0.5) is 4.79 Å². The highest BCUT2D eigenvalue weighted by Gasteiger charge is 2.37. The summed E-state index contributed by atoms with van der Waals surface area (Å²) in [6, 6.07) is 29.8. The Morgan fingerprint density at radius 3 is 1.76 bits per heavy atom. The Kier molecular flexibility index (Phi) is 14.1. The van der Waals surface area contributed by atoms with Crippen molar-refractivity contribution in [2.45, 2.75) is 62.8 Å². The van der Waals surface area contributed by atoms with Gasteiger partial charge in [-0.25, -0.2) is 4.79 Å². The SMILES string of the molecule is COC(=O)CNC(=O)C(CCCCNC(=O)OC(C)(C)C)NC(=O)CCSC(c1ccccc1)(c1ccccc1)c1ccccc1. The van der Waals surface area contributed by atoms with E-state index >= 15 is 0 Å². The van der Waals surface area contributed by atoms with Gasteiger partial charge in [-0.15, -0.1) is 11.8 Å². The van der Waals surface area contributed by atoms with Gasteiger partial charge in [0.15, 0.2) is 0 Å². The van der Waals surface area contributed by atoms with Gasteiger partial charge in [0.05, 0.1) is 11.9 Å². The summed E-state index contributed by atoms with van der Waals surface area (Å²) in [6.07, 6.45) is 1.09.